The summed E-state index contributed by atoms with van der Waals surface area (Å²) in [4.78, 5) is 12.0. The molecule has 21 heavy (non-hydrogen) atoms. The average Bonchev–Trinajstić information content (AvgIpc) is 2.79. The minimum absolute atomic E-state index is 0.121. The van der Waals surface area contributed by atoms with Gasteiger partial charge in [-0.05, 0) is 31.0 Å². The molecule has 0 aliphatic carbocycles. The number of rotatable bonds is 5. The molecule has 4 nitrogen and oxygen atoms in total. The van der Waals surface area contributed by atoms with Crippen LogP contribution in [0.1, 0.15) is 31.6 Å². The molecular weight excluding hydrogens is 271 g/mol. The van der Waals surface area contributed by atoms with Gasteiger partial charge in [-0.2, -0.15) is 0 Å². The molecule has 2 unspecified atom stereocenters. The Morgan fingerprint density at radius 3 is 2.86 bits per heavy atom. The summed E-state index contributed by atoms with van der Waals surface area (Å²) in [5.41, 5.74) is 7.33. The number of nitrogens with two attached hydrogens (primary N) is 1. The highest BCUT2D eigenvalue weighted by atomic mass is 19.1. The molecule has 2 rings (SSSR count). The third kappa shape index (κ3) is 3.24. The van der Waals surface area contributed by atoms with E-state index >= 15 is 0 Å². The summed E-state index contributed by atoms with van der Waals surface area (Å²) in [6.07, 6.45) is 0.845. The fourth-order valence-electron chi connectivity index (χ4n) is 2.21. The summed E-state index contributed by atoms with van der Waals surface area (Å²) in [6.45, 7) is 6.04. The lowest BCUT2D eigenvalue weighted by Crippen LogP contribution is -2.44. The lowest BCUT2D eigenvalue weighted by molar-refractivity contribution is -0.123. The molecule has 0 saturated heterocycles. The molecule has 0 fully saturated rings. The van der Waals surface area contributed by atoms with Crippen LogP contribution in [0.25, 0.3) is 11.0 Å². The first-order valence-corrected chi connectivity index (χ1v) is 7.14. The number of nitrogens with one attached hydrogen (secondary N) is 1. The molecule has 5 heteroatoms. The van der Waals surface area contributed by atoms with E-state index in [2.05, 4.69) is 5.32 Å². The van der Waals surface area contributed by atoms with Crippen molar-refractivity contribution in [2.24, 2.45) is 11.7 Å². The van der Waals surface area contributed by atoms with Crippen molar-refractivity contribution in [2.75, 3.05) is 0 Å². The summed E-state index contributed by atoms with van der Waals surface area (Å²) in [5.74, 6) is 0.243. The lowest BCUT2D eigenvalue weighted by Gasteiger charge is -2.17. The van der Waals surface area contributed by atoms with Gasteiger partial charge in [0, 0.05) is 10.9 Å². The fraction of sp³-hybridized carbons (Fsp3) is 0.438. The summed E-state index contributed by atoms with van der Waals surface area (Å²) in [7, 11) is 0. The molecule has 2 aromatic rings. The van der Waals surface area contributed by atoms with E-state index in [0.29, 0.717) is 11.3 Å². The van der Waals surface area contributed by atoms with Crippen LogP contribution in [0.4, 0.5) is 4.39 Å². The Hall–Kier alpha value is -1.88. The van der Waals surface area contributed by atoms with Crippen LogP contribution in [0.3, 0.4) is 0 Å². The summed E-state index contributed by atoms with van der Waals surface area (Å²) in [6, 6.07) is 3.85. The van der Waals surface area contributed by atoms with Crippen LogP contribution in [0, 0.1) is 18.7 Å². The first-order valence-electron chi connectivity index (χ1n) is 7.14. The van der Waals surface area contributed by atoms with Gasteiger partial charge in [-0.3, -0.25) is 4.79 Å². The molecule has 0 saturated carbocycles. The van der Waals surface area contributed by atoms with Crippen LogP contribution in [0.2, 0.25) is 0 Å². The Morgan fingerprint density at radius 1 is 1.48 bits per heavy atom. The van der Waals surface area contributed by atoms with E-state index in [1.807, 2.05) is 20.8 Å². The minimum atomic E-state index is -0.530. The lowest BCUT2D eigenvalue weighted by atomic mass is 9.99. The molecule has 1 heterocycles. The van der Waals surface area contributed by atoms with Crippen LogP contribution >= 0.6 is 0 Å². The van der Waals surface area contributed by atoms with Crippen molar-refractivity contribution >= 4 is 16.9 Å². The predicted octanol–water partition coefficient (Wildman–Crippen LogP) is 2.87. The predicted molar refractivity (Wildman–Crippen MR) is 80.2 cm³/mol. The number of hydrogen-bond donors (Lipinski definition) is 2. The standard InChI is InChI=1S/C16H21FN2O2/c1-4-9(2)15(18)16(20)19-8-14-10(3)12-7-11(17)5-6-13(12)21-14/h5-7,9,15H,4,8,18H2,1-3H3,(H,19,20). The van der Waals surface area contributed by atoms with Crippen molar-refractivity contribution in [3.8, 4) is 0 Å². The molecule has 0 bridgehead atoms. The molecule has 0 radical (unpaired) electrons. The number of halogens is 1. The highest BCUT2D eigenvalue weighted by Crippen LogP contribution is 2.25. The number of fused-ring (bicyclic) bond motifs is 1. The number of furan rings is 1. The van der Waals surface area contributed by atoms with Gasteiger partial charge in [-0.1, -0.05) is 20.3 Å². The van der Waals surface area contributed by atoms with E-state index in [9.17, 15) is 9.18 Å². The first-order chi connectivity index (χ1) is 9.93. The van der Waals surface area contributed by atoms with Gasteiger partial charge in [0.1, 0.15) is 17.2 Å². The largest absolute Gasteiger partial charge is 0.459 e. The number of aryl methyl sites for hydroxylation is 1. The van der Waals surface area contributed by atoms with E-state index in [1.165, 1.54) is 12.1 Å². The maximum Gasteiger partial charge on any atom is 0.237 e. The quantitative estimate of drug-likeness (QED) is 0.890. The van der Waals surface area contributed by atoms with Gasteiger partial charge in [0.25, 0.3) is 0 Å². The van der Waals surface area contributed by atoms with Gasteiger partial charge < -0.3 is 15.5 Å². The van der Waals surface area contributed by atoms with Crippen LogP contribution in [-0.2, 0) is 11.3 Å². The summed E-state index contributed by atoms with van der Waals surface area (Å²) in [5, 5.41) is 3.51. The van der Waals surface area contributed by atoms with Crippen LogP contribution in [-0.4, -0.2) is 11.9 Å². The van der Waals surface area contributed by atoms with Gasteiger partial charge in [-0.15, -0.1) is 0 Å². The van der Waals surface area contributed by atoms with E-state index in [1.54, 1.807) is 6.07 Å². The zero-order chi connectivity index (χ0) is 15.6. The highest BCUT2D eigenvalue weighted by Gasteiger charge is 2.20. The van der Waals surface area contributed by atoms with Crippen molar-refractivity contribution < 1.29 is 13.6 Å². The second kappa shape index (κ2) is 6.26. The first kappa shape index (κ1) is 15.5. The monoisotopic (exact) mass is 292 g/mol. The van der Waals surface area contributed by atoms with Gasteiger partial charge in [0.05, 0.1) is 12.6 Å². The number of carbonyl (C=O) groups excluding carboxylic acids is 1. The Morgan fingerprint density at radius 2 is 2.19 bits per heavy atom. The molecule has 1 aromatic heterocycles. The molecule has 0 spiro atoms. The van der Waals surface area contributed by atoms with Crippen LogP contribution < -0.4 is 11.1 Å². The van der Waals surface area contributed by atoms with Crippen molar-refractivity contribution in [3.63, 3.8) is 0 Å². The molecule has 2 atom stereocenters. The highest BCUT2D eigenvalue weighted by molar-refractivity contribution is 5.83. The maximum absolute atomic E-state index is 13.2. The molecule has 1 amide bonds. The Bertz CT molecular complexity index is 651. The van der Waals surface area contributed by atoms with Crippen LogP contribution in [0.5, 0.6) is 0 Å². The molecular formula is C16H21FN2O2. The van der Waals surface area contributed by atoms with E-state index in [0.717, 1.165) is 17.4 Å². The zero-order valence-corrected chi connectivity index (χ0v) is 12.6. The van der Waals surface area contributed by atoms with Gasteiger partial charge in [-0.25, -0.2) is 4.39 Å². The summed E-state index contributed by atoms with van der Waals surface area (Å²) >= 11 is 0. The fourth-order valence-corrected chi connectivity index (χ4v) is 2.21. The van der Waals surface area contributed by atoms with E-state index in [4.69, 9.17) is 10.2 Å². The third-order valence-electron chi connectivity index (χ3n) is 3.98. The second-order valence-corrected chi connectivity index (χ2v) is 5.42. The SMILES string of the molecule is CCC(C)C(N)C(=O)NCc1oc2ccc(F)cc2c1C. The average molecular weight is 292 g/mol. The topological polar surface area (TPSA) is 68.3 Å². The normalized spacial score (nSPS) is 14.1. The van der Waals surface area contributed by atoms with Gasteiger partial charge in [0.2, 0.25) is 5.91 Å². The van der Waals surface area contributed by atoms with E-state index < -0.39 is 6.04 Å². The van der Waals surface area contributed by atoms with Gasteiger partial charge >= 0.3 is 0 Å². The number of hydrogen-bond acceptors (Lipinski definition) is 3. The molecule has 1 aromatic carbocycles. The Balaban J connectivity index is 2.10. The Labute approximate surface area is 123 Å². The molecule has 114 valence electrons. The van der Waals surface area contributed by atoms with Crippen molar-refractivity contribution in [2.45, 2.75) is 39.8 Å². The number of carbonyl (C=O) groups is 1. The number of amides is 1. The molecule has 0 aliphatic rings. The number of benzene rings is 1. The van der Waals surface area contributed by atoms with Crippen molar-refractivity contribution in [3.05, 3.63) is 35.3 Å². The molecule has 0 aliphatic heterocycles. The Kier molecular flexibility index (Phi) is 4.63. The second-order valence-electron chi connectivity index (χ2n) is 5.42. The third-order valence-corrected chi connectivity index (χ3v) is 3.98. The zero-order valence-electron chi connectivity index (χ0n) is 12.6. The minimum Gasteiger partial charge on any atom is -0.459 e. The summed E-state index contributed by atoms with van der Waals surface area (Å²) < 4.78 is 18.9. The van der Waals surface area contributed by atoms with Crippen molar-refractivity contribution in [1.29, 1.82) is 0 Å². The van der Waals surface area contributed by atoms with Gasteiger partial charge in [0.15, 0.2) is 0 Å². The van der Waals surface area contributed by atoms with Crippen molar-refractivity contribution in [1.82, 2.24) is 5.32 Å². The van der Waals surface area contributed by atoms with E-state index in [-0.39, 0.29) is 24.2 Å². The molecule has 3 N–H and O–H groups in total. The van der Waals surface area contributed by atoms with Crippen LogP contribution in [0.15, 0.2) is 22.6 Å². The smallest absolute Gasteiger partial charge is 0.237 e. The maximum atomic E-state index is 13.2.